The number of hydrogen-bond donors (Lipinski definition) is 2. The third-order valence-electron chi connectivity index (χ3n) is 5.19. The lowest BCUT2D eigenvalue weighted by Crippen LogP contribution is -2.58. The highest BCUT2D eigenvalue weighted by molar-refractivity contribution is 6.01. The molecule has 1 aromatic heterocycles. The van der Waals surface area contributed by atoms with Crippen LogP contribution >= 0.6 is 0 Å². The molecule has 0 bridgehead atoms. The van der Waals surface area contributed by atoms with E-state index in [9.17, 15) is 9.18 Å². The molecule has 1 aliphatic heterocycles. The second-order valence-corrected chi connectivity index (χ2v) is 7.07. The molecule has 1 amide bonds. The maximum absolute atomic E-state index is 14.7. The van der Waals surface area contributed by atoms with Gasteiger partial charge in [0.25, 0.3) is 0 Å². The Bertz CT molecular complexity index is 862. The topological polar surface area (TPSA) is 96.8 Å². The first-order valence-corrected chi connectivity index (χ1v) is 8.23. The zero-order valence-corrected chi connectivity index (χ0v) is 15.2. The number of halogens is 1. The summed E-state index contributed by atoms with van der Waals surface area (Å²) in [7, 11) is 1.56. The van der Waals surface area contributed by atoms with E-state index in [4.69, 9.17) is 10.3 Å². The molecule has 0 saturated carbocycles. The van der Waals surface area contributed by atoms with Gasteiger partial charge in [0.1, 0.15) is 23.3 Å². The summed E-state index contributed by atoms with van der Waals surface area (Å²) in [4.78, 5) is 18.5. The molecule has 2 heterocycles. The lowest BCUT2D eigenvalue weighted by atomic mass is 9.67. The molecular weight excluding hydrogens is 337 g/mol. The molecule has 3 N–H and O–H groups in total. The first-order chi connectivity index (χ1) is 12.2. The molecule has 26 heavy (non-hydrogen) atoms. The van der Waals surface area contributed by atoms with E-state index in [2.05, 4.69) is 15.5 Å². The minimum absolute atomic E-state index is 0.0668. The smallest absolute Gasteiger partial charge is 0.237 e. The van der Waals surface area contributed by atoms with Crippen molar-refractivity contribution in [2.45, 2.75) is 32.9 Å². The first-order valence-electron chi connectivity index (χ1n) is 8.23. The zero-order chi connectivity index (χ0) is 19.1. The van der Waals surface area contributed by atoms with E-state index in [-0.39, 0.29) is 11.9 Å². The standard InChI is InChI=1S/C18H22FN5O2/c1-17(2)15(25)24(4)16(20)22-18(17,3)13-9-11(5-6-14(13)19)21-10-12-7-8-26-23-12/h5-9,21H,10H2,1-4H3,(H2,20,22). The number of aliphatic imine (C=N–C) groups is 1. The summed E-state index contributed by atoms with van der Waals surface area (Å²) in [5, 5.41) is 6.99. The van der Waals surface area contributed by atoms with Crippen LogP contribution in [0.3, 0.4) is 0 Å². The van der Waals surface area contributed by atoms with Crippen molar-refractivity contribution in [1.82, 2.24) is 10.1 Å². The summed E-state index contributed by atoms with van der Waals surface area (Å²) in [5.41, 5.74) is 5.50. The zero-order valence-electron chi connectivity index (χ0n) is 15.2. The lowest BCUT2D eigenvalue weighted by molar-refractivity contribution is -0.140. The second-order valence-electron chi connectivity index (χ2n) is 7.07. The van der Waals surface area contributed by atoms with Gasteiger partial charge in [-0.25, -0.2) is 9.38 Å². The average Bonchev–Trinajstić information content (AvgIpc) is 3.11. The van der Waals surface area contributed by atoms with Crippen LogP contribution in [0.25, 0.3) is 0 Å². The Balaban J connectivity index is 2.01. The van der Waals surface area contributed by atoms with Gasteiger partial charge in [-0.3, -0.25) is 9.69 Å². The van der Waals surface area contributed by atoms with Crippen molar-refractivity contribution in [3.63, 3.8) is 0 Å². The van der Waals surface area contributed by atoms with Gasteiger partial charge in [0.2, 0.25) is 5.91 Å². The number of aromatic nitrogens is 1. The minimum Gasteiger partial charge on any atom is -0.379 e. The van der Waals surface area contributed by atoms with Crippen molar-refractivity contribution in [3.8, 4) is 0 Å². The third-order valence-corrected chi connectivity index (χ3v) is 5.19. The molecule has 1 atom stereocenters. The SMILES string of the molecule is CN1C(=O)C(C)(C)C(C)(c2cc(NCc3ccon3)ccc2F)N=C1N. The van der Waals surface area contributed by atoms with Crippen molar-refractivity contribution >= 4 is 17.6 Å². The summed E-state index contributed by atoms with van der Waals surface area (Å²) in [6, 6.07) is 6.38. The minimum atomic E-state index is -1.14. The highest BCUT2D eigenvalue weighted by Crippen LogP contribution is 2.47. The molecule has 1 unspecified atom stereocenters. The van der Waals surface area contributed by atoms with E-state index in [1.807, 2.05) is 0 Å². The van der Waals surface area contributed by atoms with Crippen LogP contribution in [0.2, 0.25) is 0 Å². The summed E-state index contributed by atoms with van der Waals surface area (Å²) < 4.78 is 19.5. The fraction of sp³-hybridized carbons (Fsp3) is 0.389. The van der Waals surface area contributed by atoms with Gasteiger partial charge in [-0.05, 0) is 39.0 Å². The van der Waals surface area contributed by atoms with Crippen molar-refractivity contribution in [1.29, 1.82) is 0 Å². The predicted octanol–water partition coefficient (Wildman–Crippen LogP) is 2.45. The lowest BCUT2D eigenvalue weighted by Gasteiger charge is -2.46. The molecule has 3 rings (SSSR count). The first kappa shape index (κ1) is 17.9. The highest BCUT2D eigenvalue weighted by Gasteiger charge is 2.53. The maximum atomic E-state index is 14.7. The van der Waals surface area contributed by atoms with Crippen molar-refractivity contribution in [3.05, 3.63) is 47.6 Å². The number of nitrogens with zero attached hydrogens (tertiary/aromatic N) is 3. The molecule has 0 radical (unpaired) electrons. The number of benzene rings is 1. The van der Waals surface area contributed by atoms with Crippen molar-refractivity contribution in [2.24, 2.45) is 16.1 Å². The van der Waals surface area contributed by atoms with Gasteiger partial charge in [0.15, 0.2) is 5.96 Å². The van der Waals surface area contributed by atoms with Crippen LogP contribution in [0.1, 0.15) is 32.0 Å². The summed E-state index contributed by atoms with van der Waals surface area (Å²) in [5.74, 6) is -0.591. The Hall–Kier alpha value is -2.90. The monoisotopic (exact) mass is 359 g/mol. The predicted molar refractivity (Wildman–Crippen MR) is 95.8 cm³/mol. The van der Waals surface area contributed by atoms with Crippen molar-refractivity contribution in [2.75, 3.05) is 12.4 Å². The Labute approximate surface area is 151 Å². The molecule has 0 saturated heterocycles. The molecule has 1 aliphatic rings. The van der Waals surface area contributed by atoms with E-state index >= 15 is 0 Å². The number of carbonyl (C=O) groups is 1. The van der Waals surface area contributed by atoms with E-state index in [0.717, 1.165) is 5.69 Å². The molecule has 7 nitrogen and oxygen atoms in total. The van der Waals surface area contributed by atoms with Gasteiger partial charge in [0, 0.05) is 24.4 Å². The molecule has 2 aromatic rings. The number of carbonyl (C=O) groups excluding carboxylic acids is 1. The number of hydrogen-bond acceptors (Lipinski definition) is 6. The Morgan fingerprint density at radius 3 is 2.69 bits per heavy atom. The number of rotatable bonds is 4. The van der Waals surface area contributed by atoms with E-state index in [0.29, 0.717) is 17.8 Å². The van der Waals surface area contributed by atoms with Crippen LogP contribution in [0.5, 0.6) is 0 Å². The normalized spacial score (nSPS) is 22.3. The summed E-state index contributed by atoms with van der Waals surface area (Å²) >= 11 is 0. The van der Waals surface area contributed by atoms with Gasteiger partial charge in [-0.2, -0.15) is 0 Å². The summed E-state index contributed by atoms with van der Waals surface area (Å²) in [6.45, 7) is 5.65. The molecule has 0 spiro atoms. The van der Waals surface area contributed by atoms with Crippen LogP contribution in [0.4, 0.5) is 10.1 Å². The van der Waals surface area contributed by atoms with Crippen LogP contribution in [0.15, 0.2) is 40.0 Å². The molecule has 8 heteroatoms. The van der Waals surface area contributed by atoms with Crippen LogP contribution in [0, 0.1) is 11.2 Å². The molecule has 0 fully saturated rings. The Kier molecular flexibility index (Phi) is 4.21. The van der Waals surface area contributed by atoms with Gasteiger partial charge < -0.3 is 15.6 Å². The second kappa shape index (κ2) is 6.12. The number of nitrogens with one attached hydrogen (secondary N) is 1. The largest absolute Gasteiger partial charge is 0.379 e. The third kappa shape index (κ3) is 2.71. The number of guanidine groups is 1. The van der Waals surface area contributed by atoms with Gasteiger partial charge >= 0.3 is 0 Å². The fourth-order valence-corrected chi connectivity index (χ4v) is 3.10. The van der Waals surface area contributed by atoms with Crippen molar-refractivity contribution < 1.29 is 13.7 Å². The number of amides is 1. The molecule has 0 aliphatic carbocycles. The average molecular weight is 359 g/mol. The molecule has 138 valence electrons. The van der Waals surface area contributed by atoms with Gasteiger partial charge in [-0.1, -0.05) is 5.16 Å². The van der Waals surface area contributed by atoms with Gasteiger partial charge in [-0.15, -0.1) is 0 Å². The number of nitrogens with two attached hydrogens (primary N) is 1. The fourth-order valence-electron chi connectivity index (χ4n) is 3.10. The molecule has 1 aromatic carbocycles. The quantitative estimate of drug-likeness (QED) is 0.874. The molecular formula is C18H22FN5O2. The Morgan fingerprint density at radius 1 is 1.31 bits per heavy atom. The van der Waals surface area contributed by atoms with Gasteiger partial charge in [0.05, 0.1) is 12.0 Å². The highest BCUT2D eigenvalue weighted by atomic mass is 19.1. The van der Waals surface area contributed by atoms with Crippen LogP contribution in [-0.4, -0.2) is 29.0 Å². The van der Waals surface area contributed by atoms with E-state index < -0.39 is 16.8 Å². The maximum Gasteiger partial charge on any atom is 0.237 e. The number of anilines is 1. The van der Waals surface area contributed by atoms with Crippen LogP contribution < -0.4 is 11.1 Å². The summed E-state index contributed by atoms with van der Waals surface area (Å²) in [6.07, 6.45) is 1.48. The van der Waals surface area contributed by atoms with E-state index in [1.165, 1.54) is 17.2 Å². The van der Waals surface area contributed by atoms with E-state index in [1.54, 1.807) is 46.0 Å². The Morgan fingerprint density at radius 2 is 2.04 bits per heavy atom. The van der Waals surface area contributed by atoms with Crippen LogP contribution in [-0.2, 0) is 16.9 Å².